The van der Waals surface area contributed by atoms with Gasteiger partial charge in [-0.05, 0) is 24.3 Å². The highest BCUT2D eigenvalue weighted by Gasteiger charge is 2.08. The van der Waals surface area contributed by atoms with E-state index in [9.17, 15) is 4.79 Å². The molecule has 0 fully saturated rings. The molecule has 0 bridgehead atoms. The maximum absolute atomic E-state index is 11.7. The third kappa shape index (κ3) is 7.31. The second kappa shape index (κ2) is 10.3. The Kier molecular flexibility index (Phi) is 8.04. The van der Waals surface area contributed by atoms with Gasteiger partial charge in [-0.1, -0.05) is 67.3 Å². The number of benzene rings is 1. The van der Waals surface area contributed by atoms with Crippen LogP contribution in [-0.2, 0) is 11.2 Å². The summed E-state index contributed by atoms with van der Waals surface area (Å²) in [6.45, 7) is 5.85. The average Bonchev–Trinajstić information content (AvgIpc) is 3.01. The predicted octanol–water partition coefficient (Wildman–Crippen LogP) is 3.45. The van der Waals surface area contributed by atoms with Crippen LogP contribution in [0, 0.1) is 5.92 Å². The normalized spacial score (nSPS) is 10.8. The summed E-state index contributed by atoms with van der Waals surface area (Å²) in [7, 11) is 0. The van der Waals surface area contributed by atoms with Gasteiger partial charge >= 0.3 is 0 Å². The van der Waals surface area contributed by atoms with E-state index in [1.165, 1.54) is 28.7 Å². The van der Waals surface area contributed by atoms with E-state index in [0.29, 0.717) is 11.7 Å². The monoisotopic (exact) mass is 364 g/mol. The van der Waals surface area contributed by atoms with Gasteiger partial charge in [0.15, 0.2) is 4.34 Å². The number of amides is 1. The molecule has 0 saturated carbocycles. The Morgan fingerprint density at radius 2 is 2.00 bits per heavy atom. The first-order valence-corrected chi connectivity index (χ1v) is 9.94. The fourth-order valence-electron chi connectivity index (χ4n) is 1.98. The van der Waals surface area contributed by atoms with Crippen molar-refractivity contribution in [1.82, 2.24) is 15.5 Å². The largest absolute Gasteiger partial charge is 0.360 e. The van der Waals surface area contributed by atoms with E-state index in [1.54, 1.807) is 0 Å². The van der Waals surface area contributed by atoms with Crippen molar-refractivity contribution in [3.63, 3.8) is 0 Å². The van der Waals surface area contributed by atoms with Crippen molar-refractivity contribution >= 4 is 34.1 Å². The van der Waals surface area contributed by atoms with Gasteiger partial charge in [-0.25, -0.2) is 0 Å². The van der Waals surface area contributed by atoms with Crippen molar-refractivity contribution in [2.24, 2.45) is 5.92 Å². The van der Waals surface area contributed by atoms with Crippen LogP contribution in [0.3, 0.4) is 0 Å². The fraction of sp³-hybridized carbons (Fsp3) is 0.471. The lowest BCUT2D eigenvalue weighted by Gasteiger charge is -2.05. The Morgan fingerprint density at radius 3 is 2.75 bits per heavy atom. The van der Waals surface area contributed by atoms with Crippen LogP contribution in [0.4, 0.5) is 5.13 Å². The zero-order valence-corrected chi connectivity index (χ0v) is 15.8. The summed E-state index contributed by atoms with van der Waals surface area (Å²) in [5.74, 6) is 1.04. The van der Waals surface area contributed by atoms with Crippen LogP contribution < -0.4 is 10.6 Å². The third-order valence-corrected chi connectivity index (χ3v) is 5.32. The number of carbonyl (C=O) groups excluding carboxylic acids is 1. The fourth-order valence-corrected chi connectivity index (χ4v) is 3.58. The van der Waals surface area contributed by atoms with E-state index in [1.807, 2.05) is 18.2 Å². The molecule has 24 heavy (non-hydrogen) atoms. The average molecular weight is 365 g/mol. The first-order valence-electron chi connectivity index (χ1n) is 8.14. The van der Waals surface area contributed by atoms with Gasteiger partial charge in [0, 0.05) is 13.1 Å². The Bertz CT molecular complexity index is 616. The predicted molar refractivity (Wildman–Crippen MR) is 102 cm³/mol. The number of nitrogens with zero attached hydrogens (tertiary/aromatic N) is 2. The van der Waals surface area contributed by atoms with Gasteiger partial charge < -0.3 is 10.6 Å². The van der Waals surface area contributed by atoms with Gasteiger partial charge in [-0.15, -0.1) is 10.2 Å². The van der Waals surface area contributed by atoms with E-state index in [0.717, 1.165) is 35.4 Å². The first kappa shape index (κ1) is 18.7. The molecule has 0 unspecified atom stereocenters. The van der Waals surface area contributed by atoms with Gasteiger partial charge in [-0.3, -0.25) is 4.79 Å². The highest BCUT2D eigenvalue weighted by molar-refractivity contribution is 8.01. The molecule has 2 aromatic rings. The minimum absolute atomic E-state index is 0.0504. The molecule has 0 spiro atoms. The van der Waals surface area contributed by atoms with Gasteiger partial charge in [0.25, 0.3) is 0 Å². The summed E-state index contributed by atoms with van der Waals surface area (Å²) >= 11 is 2.92. The molecule has 7 heteroatoms. The summed E-state index contributed by atoms with van der Waals surface area (Å²) in [5, 5.41) is 15.2. The van der Waals surface area contributed by atoms with Gasteiger partial charge in [0.05, 0.1) is 5.75 Å². The highest BCUT2D eigenvalue weighted by Crippen LogP contribution is 2.25. The molecule has 1 amide bonds. The summed E-state index contributed by atoms with van der Waals surface area (Å²) in [6, 6.07) is 10.3. The van der Waals surface area contributed by atoms with E-state index in [4.69, 9.17) is 0 Å². The summed E-state index contributed by atoms with van der Waals surface area (Å²) < 4.78 is 0.816. The van der Waals surface area contributed by atoms with Gasteiger partial charge in [0.1, 0.15) is 0 Å². The van der Waals surface area contributed by atoms with E-state index >= 15 is 0 Å². The minimum atomic E-state index is 0.0504. The zero-order chi connectivity index (χ0) is 17.2. The van der Waals surface area contributed by atoms with E-state index in [2.05, 4.69) is 46.8 Å². The van der Waals surface area contributed by atoms with Crippen molar-refractivity contribution in [2.45, 2.75) is 31.0 Å². The van der Waals surface area contributed by atoms with Crippen LogP contribution >= 0.6 is 23.1 Å². The lowest BCUT2D eigenvalue weighted by atomic mass is 10.1. The Balaban J connectivity index is 1.64. The molecule has 5 nitrogen and oxygen atoms in total. The standard InChI is InChI=1S/C17H24N4OS2/c1-13(2)8-10-18-15(22)12-23-17-21-20-16(24-17)19-11-9-14-6-4-3-5-7-14/h3-7,13H,8-12H2,1-2H3,(H,18,22)(H,19,20). The molecular formula is C17H24N4OS2. The molecule has 1 aromatic carbocycles. The minimum Gasteiger partial charge on any atom is -0.360 e. The Hall–Kier alpha value is -1.60. The van der Waals surface area contributed by atoms with Crippen molar-refractivity contribution in [2.75, 3.05) is 24.2 Å². The van der Waals surface area contributed by atoms with Crippen LogP contribution in [0.15, 0.2) is 34.7 Å². The summed E-state index contributed by atoms with van der Waals surface area (Å²) in [6.07, 6.45) is 1.95. The topological polar surface area (TPSA) is 66.9 Å². The van der Waals surface area contributed by atoms with Crippen LogP contribution in [0.25, 0.3) is 0 Å². The van der Waals surface area contributed by atoms with Crippen LogP contribution in [-0.4, -0.2) is 34.9 Å². The van der Waals surface area contributed by atoms with Crippen LogP contribution in [0.5, 0.6) is 0 Å². The maximum atomic E-state index is 11.7. The molecule has 130 valence electrons. The molecule has 0 saturated heterocycles. The number of hydrogen-bond acceptors (Lipinski definition) is 6. The molecule has 0 aliphatic carbocycles. The molecule has 0 atom stereocenters. The maximum Gasteiger partial charge on any atom is 0.230 e. The highest BCUT2D eigenvalue weighted by atomic mass is 32.2. The summed E-state index contributed by atoms with van der Waals surface area (Å²) in [4.78, 5) is 11.7. The Morgan fingerprint density at radius 1 is 1.21 bits per heavy atom. The van der Waals surface area contributed by atoms with Crippen molar-refractivity contribution in [3.8, 4) is 0 Å². The molecule has 1 aromatic heterocycles. The lowest BCUT2D eigenvalue weighted by Crippen LogP contribution is -2.26. The summed E-state index contributed by atoms with van der Waals surface area (Å²) in [5.41, 5.74) is 1.29. The van der Waals surface area contributed by atoms with E-state index in [-0.39, 0.29) is 5.91 Å². The van der Waals surface area contributed by atoms with Crippen LogP contribution in [0.1, 0.15) is 25.8 Å². The van der Waals surface area contributed by atoms with Gasteiger partial charge in [-0.2, -0.15) is 0 Å². The Labute approximate surface area is 151 Å². The SMILES string of the molecule is CC(C)CCNC(=O)CSc1nnc(NCCc2ccccc2)s1. The van der Waals surface area contributed by atoms with Gasteiger partial charge in [0.2, 0.25) is 11.0 Å². The zero-order valence-electron chi connectivity index (χ0n) is 14.1. The smallest absolute Gasteiger partial charge is 0.230 e. The number of thioether (sulfide) groups is 1. The van der Waals surface area contributed by atoms with Crippen molar-refractivity contribution in [3.05, 3.63) is 35.9 Å². The third-order valence-electron chi connectivity index (χ3n) is 3.31. The lowest BCUT2D eigenvalue weighted by molar-refractivity contribution is -0.118. The molecule has 2 rings (SSSR count). The molecule has 0 aliphatic rings. The molecular weight excluding hydrogens is 340 g/mol. The number of carbonyl (C=O) groups is 1. The number of hydrogen-bond donors (Lipinski definition) is 2. The molecule has 0 aliphatic heterocycles. The van der Waals surface area contributed by atoms with Crippen LogP contribution in [0.2, 0.25) is 0 Å². The number of anilines is 1. The number of nitrogens with one attached hydrogen (secondary N) is 2. The number of aromatic nitrogens is 2. The van der Waals surface area contributed by atoms with E-state index < -0.39 is 0 Å². The quantitative estimate of drug-likeness (QED) is 0.632. The first-order chi connectivity index (χ1) is 11.6. The molecule has 1 heterocycles. The van der Waals surface area contributed by atoms with Crippen molar-refractivity contribution in [1.29, 1.82) is 0 Å². The number of rotatable bonds is 10. The molecule has 2 N–H and O–H groups in total. The second-order valence-corrected chi connectivity index (χ2v) is 8.06. The molecule has 0 radical (unpaired) electrons. The van der Waals surface area contributed by atoms with Crippen molar-refractivity contribution < 1.29 is 4.79 Å². The second-order valence-electron chi connectivity index (χ2n) is 5.86.